The molecule has 0 aliphatic carbocycles. The summed E-state index contributed by atoms with van der Waals surface area (Å²) in [5.74, 6) is 0.0170. The van der Waals surface area contributed by atoms with Gasteiger partial charge in [-0.3, -0.25) is 9.59 Å². The number of benzene rings is 1. The summed E-state index contributed by atoms with van der Waals surface area (Å²) < 4.78 is 0. The minimum atomic E-state index is -0.0640. The molecule has 1 aromatic carbocycles. The molecule has 0 spiro atoms. The van der Waals surface area contributed by atoms with Crippen molar-refractivity contribution in [3.05, 3.63) is 28.8 Å². The van der Waals surface area contributed by atoms with Gasteiger partial charge in [-0.2, -0.15) is 0 Å². The SMILES string of the molecule is CCC(C)c1c(C=O)ccc(O)c1C=O. The van der Waals surface area contributed by atoms with E-state index in [1.54, 1.807) is 0 Å². The summed E-state index contributed by atoms with van der Waals surface area (Å²) in [6, 6.07) is 2.91. The molecule has 0 aromatic heterocycles. The van der Waals surface area contributed by atoms with Gasteiger partial charge in [-0.1, -0.05) is 13.8 Å². The first-order valence-electron chi connectivity index (χ1n) is 4.91. The van der Waals surface area contributed by atoms with Gasteiger partial charge >= 0.3 is 0 Å². The summed E-state index contributed by atoms with van der Waals surface area (Å²) in [5.41, 5.74) is 1.35. The zero-order valence-electron chi connectivity index (χ0n) is 8.86. The Kier molecular flexibility index (Phi) is 3.61. The Bertz CT molecular complexity index is 383. The highest BCUT2D eigenvalue weighted by Crippen LogP contribution is 2.30. The largest absolute Gasteiger partial charge is 0.507 e. The Balaban J connectivity index is 3.46. The van der Waals surface area contributed by atoms with Gasteiger partial charge in [0.1, 0.15) is 12.0 Å². The van der Waals surface area contributed by atoms with Crippen molar-refractivity contribution in [2.75, 3.05) is 0 Å². The Hall–Kier alpha value is -1.64. The third kappa shape index (κ3) is 2.06. The van der Waals surface area contributed by atoms with E-state index in [1.165, 1.54) is 12.1 Å². The quantitative estimate of drug-likeness (QED) is 0.770. The minimum absolute atomic E-state index is 0.0640. The van der Waals surface area contributed by atoms with Crippen molar-refractivity contribution >= 4 is 12.6 Å². The van der Waals surface area contributed by atoms with Gasteiger partial charge in [-0.05, 0) is 30.0 Å². The van der Waals surface area contributed by atoms with Gasteiger partial charge in [0.05, 0.1) is 5.56 Å². The summed E-state index contributed by atoms with van der Waals surface area (Å²) in [7, 11) is 0. The maximum absolute atomic E-state index is 10.9. The van der Waals surface area contributed by atoms with Crippen LogP contribution >= 0.6 is 0 Å². The van der Waals surface area contributed by atoms with Crippen molar-refractivity contribution in [2.24, 2.45) is 0 Å². The van der Waals surface area contributed by atoms with Crippen LogP contribution in [0.1, 0.15) is 52.5 Å². The van der Waals surface area contributed by atoms with Crippen LogP contribution in [0.25, 0.3) is 0 Å². The number of carbonyl (C=O) groups excluding carboxylic acids is 2. The first-order chi connectivity index (χ1) is 7.15. The molecule has 0 radical (unpaired) electrons. The van der Waals surface area contributed by atoms with Crippen molar-refractivity contribution in [3.63, 3.8) is 0 Å². The number of rotatable bonds is 4. The number of hydrogen-bond donors (Lipinski definition) is 1. The Labute approximate surface area is 88.7 Å². The fourth-order valence-electron chi connectivity index (χ4n) is 1.62. The molecular weight excluding hydrogens is 192 g/mol. The van der Waals surface area contributed by atoms with Crippen molar-refractivity contribution in [2.45, 2.75) is 26.2 Å². The van der Waals surface area contributed by atoms with Crippen LogP contribution in [-0.4, -0.2) is 17.7 Å². The second-order valence-corrected chi connectivity index (χ2v) is 3.55. The molecule has 0 aliphatic heterocycles. The normalized spacial score (nSPS) is 12.1. The van der Waals surface area contributed by atoms with Crippen LogP contribution < -0.4 is 0 Å². The maximum Gasteiger partial charge on any atom is 0.154 e. The predicted molar refractivity (Wildman–Crippen MR) is 57.6 cm³/mol. The van der Waals surface area contributed by atoms with Gasteiger partial charge in [0.25, 0.3) is 0 Å². The molecule has 1 atom stereocenters. The number of carbonyl (C=O) groups is 2. The van der Waals surface area contributed by atoms with E-state index in [0.717, 1.165) is 6.42 Å². The smallest absolute Gasteiger partial charge is 0.154 e. The first-order valence-corrected chi connectivity index (χ1v) is 4.91. The second-order valence-electron chi connectivity index (χ2n) is 3.55. The average molecular weight is 206 g/mol. The summed E-state index contributed by atoms with van der Waals surface area (Å²) >= 11 is 0. The fraction of sp³-hybridized carbons (Fsp3) is 0.333. The number of phenolic OH excluding ortho intramolecular Hbond substituents is 1. The van der Waals surface area contributed by atoms with Gasteiger partial charge in [0.2, 0.25) is 0 Å². The molecule has 15 heavy (non-hydrogen) atoms. The molecule has 1 unspecified atom stereocenters. The topological polar surface area (TPSA) is 54.4 Å². The number of aromatic hydroxyl groups is 1. The lowest BCUT2D eigenvalue weighted by atomic mass is 9.89. The van der Waals surface area contributed by atoms with E-state index in [1.807, 2.05) is 13.8 Å². The number of phenols is 1. The van der Waals surface area contributed by atoms with E-state index < -0.39 is 0 Å². The van der Waals surface area contributed by atoms with Crippen molar-refractivity contribution in [1.82, 2.24) is 0 Å². The Morgan fingerprint density at radius 3 is 2.47 bits per heavy atom. The summed E-state index contributed by atoms with van der Waals surface area (Å²) in [6.45, 7) is 3.90. The van der Waals surface area contributed by atoms with E-state index in [9.17, 15) is 14.7 Å². The van der Waals surface area contributed by atoms with Gasteiger partial charge in [-0.25, -0.2) is 0 Å². The lowest BCUT2D eigenvalue weighted by molar-refractivity contribution is 0.111. The number of hydrogen-bond acceptors (Lipinski definition) is 3. The predicted octanol–water partition coefficient (Wildman–Crippen LogP) is 2.53. The summed E-state index contributed by atoms with van der Waals surface area (Å²) in [5, 5.41) is 9.51. The van der Waals surface area contributed by atoms with Crippen molar-refractivity contribution < 1.29 is 14.7 Å². The molecule has 3 heteroatoms. The van der Waals surface area contributed by atoms with Crippen molar-refractivity contribution in [3.8, 4) is 5.75 Å². The molecule has 0 aliphatic rings. The highest BCUT2D eigenvalue weighted by Gasteiger charge is 2.16. The summed E-state index contributed by atoms with van der Waals surface area (Å²) in [6.07, 6.45) is 2.13. The third-order valence-electron chi connectivity index (χ3n) is 2.65. The highest BCUT2D eigenvalue weighted by atomic mass is 16.3. The molecule has 3 nitrogen and oxygen atoms in total. The van der Waals surface area contributed by atoms with Gasteiger partial charge in [0, 0.05) is 5.56 Å². The minimum Gasteiger partial charge on any atom is -0.507 e. The highest BCUT2D eigenvalue weighted by molar-refractivity contribution is 5.88. The van der Waals surface area contributed by atoms with Crippen LogP contribution in [0.3, 0.4) is 0 Å². The number of aldehydes is 2. The third-order valence-corrected chi connectivity index (χ3v) is 2.65. The van der Waals surface area contributed by atoms with Crippen LogP contribution in [0.2, 0.25) is 0 Å². The molecule has 1 aromatic rings. The summed E-state index contributed by atoms with van der Waals surface area (Å²) in [4.78, 5) is 21.7. The van der Waals surface area contributed by atoms with E-state index in [2.05, 4.69) is 0 Å². The monoisotopic (exact) mass is 206 g/mol. The fourth-order valence-corrected chi connectivity index (χ4v) is 1.62. The Morgan fingerprint density at radius 2 is 2.00 bits per heavy atom. The zero-order chi connectivity index (χ0) is 11.4. The molecule has 0 heterocycles. The second kappa shape index (κ2) is 4.73. The van der Waals surface area contributed by atoms with E-state index in [-0.39, 0.29) is 17.2 Å². The van der Waals surface area contributed by atoms with Gasteiger partial charge in [-0.15, -0.1) is 0 Å². The molecule has 0 bridgehead atoms. The lowest BCUT2D eigenvalue weighted by Crippen LogP contribution is -2.03. The van der Waals surface area contributed by atoms with E-state index >= 15 is 0 Å². The molecule has 1 rings (SSSR count). The lowest BCUT2D eigenvalue weighted by Gasteiger charge is -2.15. The van der Waals surface area contributed by atoms with Crippen LogP contribution in [-0.2, 0) is 0 Å². The standard InChI is InChI=1S/C12H14O3/c1-3-8(2)12-9(6-13)4-5-11(15)10(12)7-14/h4-8,15H,3H2,1-2H3. The van der Waals surface area contributed by atoms with Crippen LogP contribution in [0.4, 0.5) is 0 Å². The average Bonchev–Trinajstić information content (AvgIpc) is 2.27. The Morgan fingerprint density at radius 1 is 1.33 bits per heavy atom. The van der Waals surface area contributed by atoms with Gasteiger partial charge in [0.15, 0.2) is 6.29 Å². The molecule has 0 saturated carbocycles. The molecule has 80 valence electrons. The molecule has 1 N–H and O–H groups in total. The van der Waals surface area contributed by atoms with E-state index in [4.69, 9.17) is 0 Å². The molecular formula is C12H14O3. The van der Waals surface area contributed by atoms with Crippen LogP contribution in [0.15, 0.2) is 12.1 Å². The first kappa shape index (κ1) is 11.4. The van der Waals surface area contributed by atoms with Crippen molar-refractivity contribution in [1.29, 1.82) is 0 Å². The maximum atomic E-state index is 10.9. The molecule has 0 amide bonds. The van der Waals surface area contributed by atoms with Crippen LogP contribution in [0, 0.1) is 0 Å². The molecule has 0 saturated heterocycles. The van der Waals surface area contributed by atoms with Crippen LogP contribution in [0.5, 0.6) is 5.75 Å². The van der Waals surface area contributed by atoms with Gasteiger partial charge < -0.3 is 5.11 Å². The molecule has 0 fully saturated rings. The zero-order valence-corrected chi connectivity index (χ0v) is 8.86. The van der Waals surface area contributed by atoms with E-state index in [0.29, 0.717) is 23.7 Å².